The van der Waals surface area contributed by atoms with Crippen molar-refractivity contribution in [1.82, 2.24) is 10.2 Å². The number of carbonyl (C=O) groups is 3. The number of likely N-dealkylation sites (tertiary alicyclic amines) is 1. The molecular formula is C15H26N2O4. The van der Waals surface area contributed by atoms with Gasteiger partial charge in [0.2, 0.25) is 17.7 Å². The first kappa shape index (κ1) is 17.6. The molecule has 0 aromatic carbocycles. The maximum atomic E-state index is 12.0. The second-order valence-electron chi connectivity index (χ2n) is 6.46. The number of aliphatic hydroxyl groups is 1. The molecule has 0 bridgehead atoms. The zero-order valence-corrected chi connectivity index (χ0v) is 13.3. The summed E-state index contributed by atoms with van der Waals surface area (Å²) in [5.74, 6) is -0.624. The fourth-order valence-corrected chi connectivity index (χ4v) is 2.43. The molecule has 2 unspecified atom stereocenters. The Bertz CT molecular complexity index is 420. The summed E-state index contributed by atoms with van der Waals surface area (Å²) >= 11 is 0. The minimum Gasteiger partial charge on any atom is -0.396 e. The van der Waals surface area contributed by atoms with E-state index in [1.165, 1.54) is 4.90 Å². The Hall–Kier alpha value is -1.43. The van der Waals surface area contributed by atoms with Gasteiger partial charge in [0.05, 0.1) is 0 Å². The summed E-state index contributed by atoms with van der Waals surface area (Å²) in [5.41, 5.74) is -0.619. The van der Waals surface area contributed by atoms with Gasteiger partial charge >= 0.3 is 0 Å². The van der Waals surface area contributed by atoms with Crippen LogP contribution in [0.3, 0.4) is 0 Å². The van der Waals surface area contributed by atoms with Gasteiger partial charge < -0.3 is 10.4 Å². The summed E-state index contributed by atoms with van der Waals surface area (Å²) in [6.45, 7) is 7.49. The van der Waals surface area contributed by atoms with E-state index < -0.39 is 5.41 Å². The minimum atomic E-state index is -0.619. The predicted octanol–water partition coefficient (Wildman–Crippen LogP) is 0.685. The van der Waals surface area contributed by atoms with Crippen LogP contribution >= 0.6 is 0 Å². The molecule has 0 spiro atoms. The Labute approximate surface area is 125 Å². The van der Waals surface area contributed by atoms with Gasteiger partial charge in [0.15, 0.2) is 0 Å². The Balaban J connectivity index is 2.44. The van der Waals surface area contributed by atoms with E-state index in [9.17, 15) is 14.4 Å². The highest BCUT2D eigenvalue weighted by molar-refractivity contribution is 6.03. The average Bonchev–Trinajstić information content (AvgIpc) is 2.62. The minimum absolute atomic E-state index is 0.0362. The van der Waals surface area contributed by atoms with Crippen molar-refractivity contribution in [2.24, 2.45) is 11.3 Å². The Morgan fingerprint density at radius 3 is 2.57 bits per heavy atom. The van der Waals surface area contributed by atoms with Crippen LogP contribution in [0.15, 0.2) is 0 Å². The molecule has 0 radical (unpaired) electrons. The summed E-state index contributed by atoms with van der Waals surface area (Å²) < 4.78 is 0. The van der Waals surface area contributed by atoms with Crippen LogP contribution in [0.1, 0.15) is 47.0 Å². The van der Waals surface area contributed by atoms with Crippen molar-refractivity contribution >= 4 is 17.7 Å². The zero-order chi connectivity index (χ0) is 16.2. The lowest BCUT2D eigenvalue weighted by Gasteiger charge is -2.25. The van der Waals surface area contributed by atoms with E-state index in [1.54, 1.807) is 20.8 Å². The van der Waals surface area contributed by atoms with Crippen molar-refractivity contribution in [3.63, 3.8) is 0 Å². The largest absolute Gasteiger partial charge is 0.396 e. The molecule has 0 aliphatic carbocycles. The number of nitrogens with one attached hydrogen (secondary N) is 1. The monoisotopic (exact) mass is 298 g/mol. The van der Waals surface area contributed by atoms with E-state index in [0.29, 0.717) is 19.4 Å². The van der Waals surface area contributed by atoms with Crippen LogP contribution in [0, 0.1) is 11.3 Å². The summed E-state index contributed by atoms with van der Waals surface area (Å²) in [6, 6.07) is -0.212. The third-order valence-corrected chi connectivity index (χ3v) is 4.05. The molecule has 1 saturated heterocycles. The van der Waals surface area contributed by atoms with Crippen molar-refractivity contribution in [3.8, 4) is 0 Å². The first-order valence-corrected chi connectivity index (χ1v) is 7.45. The molecule has 1 heterocycles. The standard InChI is InChI=1S/C15H26N2O4/c1-10-9-12(19)17(13(10)20)11(2)5-7-16-14(21)15(3,4)6-8-18/h10-11,18H,5-9H2,1-4H3,(H,16,21). The molecular weight excluding hydrogens is 272 g/mol. The van der Waals surface area contributed by atoms with Crippen LogP contribution in [0.4, 0.5) is 0 Å². The molecule has 0 aromatic heterocycles. The number of imide groups is 1. The molecule has 6 heteroatoms. The highest BCUT2D eigenvalue weighted by Gasteiger charge is 2.38. The molecule has 21 heavy (non-hydrogen) atoms. The quantitative estimate of drug-likeness (QED) is 0.677. The highest BCUT2D eigenvalue weighted by atomic mass is 16.3. The molecule has 3 amide bonds. The number of hydrogen-bond donors (Lipinski definition) is 2. The van der Waals surface area contributed by atoms with Gasteiger partial charge in [-0.15, -0.1) is 0 Å². The Morgan fingerprint density at radius 1 is 1.48 bits per heavy atom. The third-order valence-electron chi connectivity index (χ3n) is 4.05. The normalized spacial score (nSPS) is 20.8. The summed E-state index contributed by atoms with van der Waals surface area (Å²) in [7, 11) is 0. The maximum absolute atomic E-state index is 12.0. The lowest BCUT2D eigenvalue weighted by Crippen LogP contribution is -2.42. The molecule has 1 aliphatic rings. The fourth-order valence-electron chi connectivity index (χ4n) is 2.43. The van der Waals surface area contributed by atoms with Crippen molar-refractivity contribution < 1.29 is 19.5 Å². The summed E-state index contributed by atoms with van der Waals surface area (Å²) in [5, 5.41) is 11.7. The van der Waals surface area contributed by atoms with Gasteiger partial charge in [0.1, 0.15) is 0 Å². The van der Waals surface area contributed by atoms with E-state index in [0.717, 1.165) is 0 Å². The molecule has 1 rings (SSSR count). The molecule has 1 fully saturated rings. The summed E-state index contributed by atoms with van der Waals surface area (Å²) in [4.78, 5) is 36.9. The third kappa shape index (κ3) is 4.27. The van der Waals surface area contributed by atoms with E-state index in [1.807, 2.05) is 6.92 Å². The molecule has 2 N–H and O–H groups in total. The van der Waals surface area contributed by atoms with Crippen LogP contribution in [-0.2, 0) is 14.4 Å². The van der Waals surface area contributed by atoms with Gasteiger partial charge in [0, 0.05) is 36.9 Å². The van der Waals surface area contributed by atoms with Crippen LogP contribution in [0.2, 0.25) is 0 Å². The van der Waals surface area contributed by atoms with Gasteiger partial charge in [-0.25, -0.2) is 0 Å². The molecule has 0 aromatic rings. The van der Waals surface area contributed by atoms with Crippen LogP contribution in [0.5, 0.6) is 0 Å². The number of aliphatic hydroxyl groups excluding tert-OH is 1. The lowest BCUT2D eigenvalue weighted by molar-refractivity contribution is -0.141. The van der Waals surface area contributed by atoms with Gasteiger partial charge in [-0.3, -0.25) is 19.3 Å². The number of amides is 3. The maximum Gasteiger partial charge on any atom is 0.232 e. The fraction of sp³-hybridized carbons (Fsp3) is 0.800. The van der Waals surface area contributed by atoms with Gasteiger partial charge in [-0.1, -0.05) is 20.8 Å². The molecule has 120 valence electrons. The van der Waals surface area contributed by atoms with Gasteiger partial charge in [-0.05, 0) is 19.8 Å². The Morgan fingerprint density at radius 2 is 2.10 bits per heavy atom. The van der Waals surface area contributed by atoms with Crippen LogP contribution < -0.4 is 5.32 Å². The van der Waals surface area contributed by atoms with E-state index >= 15 is 0 Å². The molecule has 2 atom stereocenters. The molecule has 6 nitrogen and oxygen atoms in total. The topological polar surface area (TPSA) is 86.7 Å². The van der Waals surface area contributed by atoms with E-state index in [4.69, 9.17) is 5.11 Å². The smallest absolute Gasteiger partial charge is 0.232 e. The Kier molecular flexibility index (Phi) is 5.89. The number of hydrogen-bond acceptors (Lipinski definition) is 4. The summed E-state index contributed by atoms with van der Waals surface area (Å²) in [6.07, 6.45) is 1.21. The van der Waals surface area contributed by atoms with Gasteiger partial charge in [-0.2, -0.15) is 0 Å². The second-order valence-corrected chi connectivity index (χ2v) is 6.46. The molecule has 1 aliphatic heterocycles. The lowest BCUT2D eigenvalue weighted by atomic mass is 9.88. The van der Waals surface area contributed by atoms with E-state index in [-0.39, 0.29) is 42.7 Å². The highest BCUT2D eigenvalue weighted by Crippen LogP contribution is 2.23. The van der Waals surface area contributed by atoms with Crippen molar-refractivity contribution in [3.05, 3.63) is 0 Å². The predicted molar refractivity (Wildman–Crippen MR) is 78.2 cm³/mol. The average molecular weight is 298 g/mol. The zero-order valence-electron chi connectivity index (χ0n) is 13.3. The first-order chi connectivity index (χ1) is 9.70. The van der Waals surface area contributed by atoms with Crippen LogP contribution in [0.25, 0.3) is 0 Å². The second kappa shape index (κ2) is 7.02. The van der Waals surface area contributed by atoms with Crippen molar-refractivity contribution in [2.75, 3.05) is 13.2 Å². The van der Waals surface area contributed by atoms with Crippen LogP contribution in [-0.4, -0.2) is 46.9 Å². The van der Waals surface area contributed by atoms with Crippen molar-refractivity contribution in [1.29, 1.82) is 0 Å². The van der Waals surface area contributed by atoms with E-state index in [2.05, 4.69) is 5.32 Å². The SMILES string of the molecule is CC1CC(=O)N(C(C)CCNC(=O)C(C)(C)CCO)C1=O. The first-order valence-electron chi connectivity index (χ1n) is 7.45. The number of carbonyl (C=O) groups excluding carboxylic acids is 3. The molecule has 0 saturated carbocycles. The number of nitrogens with zero attached hydrogens (tertiary/aromatic N) is 1. The van der Waals surface area contributed by atoms with Crippen molar-refractivity contribution in [2.45, 2.75) is 53.0 Å². The number of rotatable bonds is 7. The van der Waals surface area contributed by atoms with Gasteiger partial charge in [0.25, 0.3) is 0 Å².